The highest BCUT2D eigenvalue weighted by molar-refractivity contribution is 5.92. The van der Waals surface area contributed by atoms with Gasteiger partial charge < -0.3 is 0 Å². The van der Waals surface area contributed by atoms with Crippen molar-refractivity contribution in [2.45, 2.75) is 13.3 Å². The molecule has 0 N–H and O–H groups in total. The first-order chi connectivity index (χ1) is 7.66. The molecule has 3 heteroatoms. The van der Waals surface area contributed by atoms with E-state index in [0.717, 1.165) is 12.1 Å². The van der Waals surface area contributed by atoms with Gasteiger partial charge in [0.15, 0.2) is 5.78 Å². The lowest BCUT2D eigenvalue weighted by Crippen LogP contribution is -2.02. The van der Waals surface area contributed by atoms with Gasteiger partial charge in [0.2, 0.25) is 0 Å². The number of carbonyl (C=O) groups excluding carboxylic acids is 1. The molecule has 0 radical (unpaired) electrons. The van der Waals surface area contributed by atoms with E-state index in [1.54, 1.807) is 18.7 Å². The van der Waals surface area contributed by atoms with E-state index >= 15 is 0 Å². The molecule has 0 saturated heterocycles. The zero-order valence-electron chi connectivity index (χ0n) is 9.47. The second-order valence-corrected chi connectivity index (χ2v) is 3.86. The Labute approximate surface area is 94.7 Å². The molecule has 2 aromatic rings. The molecule has 0 aliphatic heterocycles. The minimum absolute atomic E-state index is 0.0503. The average molecular weight is 214 g/mol. The lowest BCUT2D eigenvalue weighted by atomic mass is 10.1. The molecule has 1 heterocycles. The largest absolute Gasteiger partial charge is 0.293 e. The molecule has 0 unspecified atom stereocenters. The molecule has 2 rings (SSSR count). The maximum atomic E-state index is 11.3. The van der Waals surface area contributed by atoms with E-state index < -0.39 is 0 Å². The van der Waals surface area contributed by atoms with Crippen molar-refractivity contribution >= 4 is 5.78 Å². The Morgan fingerprint density at radius 2 is 2.00 bits per heavy atom. The van der Waals surface area contributed by atoms with Crippen LogP contribution in [0.1, 0.15) is 28.7 Å². The summed E-state index contributed by atoms with van der Waals surface area (Å²) in [5.41, 5.74) is 2.79. The standard InChI is InChI=1S/C13H14N2O/c1-10(16)13-9-12(14-15(13)2)8-11-6-4-3-5-7-11/h3-7,9H,8H2,1-2H3. The monoisotopic (exact) mass is 214 g/mol. The van der Waals surface area contributed by atoms with E-state index in [4.69, 9.17) is 0 Å². The Kier molecular flexibility index (Phi) is 2.86. The highest BCUT2D eigenvalue weighted by Gasteiger charge is 2.08. The summed E-state index contributed by atoms with van der Waals surface area (Å²) in [6.45, 7) is 1.56. The first-order valence-corrected chi connectivity index (χ1v) is 5.24. The summed E-state index contributed by atoms with van der Waals surface area (Å²) in [5.74, 6) is 0.0503. The molecule has 0 saturated carbocycles. The summed E-state index contributed by atoms with van der Waals surface area (Å²) in [4.78, 5) is 11.3. The highest BCUT2D eigenvalue weighted by atomic mass is 16.1. The van der Waals surface area contributed by atoms with Gasteiger partial charge in [0.1, 0.15) is 5.69 Å². The van der Waals surface area contributed by atoms with Gasteiger partial charge in [-0.2, -0.15) is 5.10 Å². The lowest BCUT2D eigenvalue weighted by Gasteiger charge is -1.96. The van der Waals surface area contributed by atoms with Crippen LogP contribution in [-0.4, -0.2) is 15.6 Å². The SMILES string of the molecule is CC(=O)c1cc(Cc2ccccc2)nn1C. The molecule has 1 aromatic carbocycles. The van der Waals surface area contributed by atoms with Crippen LogP contribution in [0.5, 0.6) is 0 Å². The molecule has 3 nitrogen and oxygen atoms in total. The van der Waals surface area contributed by atoms with E-state index in [9.17, 15) is 4.79 Å². The molecule has 0 atom stereocenters. The Morgan fingerprint density at radius 3 is 2.56 bits per heavy atom. The predicted octanol–water partition coefficient (Wildman–Crippen LogP) is 2.21. The molecule has 0 bridgehead atoms. The molecule has 0 fully saturated rings. The molecule has 1 aromatic heterocycles. The maximum absolute atomic E-state index is 11.3. The molecule has 0 amide bonds. The summed E-state index contributed by atoms with van der Waals surface area (Å²) in [6.07, 6.45) is 0.766. The Hall–Kier alpha value is -1.90. The van der Waals surface area contributed by atoms with Crippen molar-refractivity contribution in [3.63, 3.8) is 0 Å². The molecule has 0 aliphatic carbocycles. The summed E-state index contributed by atoms with van der Waals surface area (Å²) in [6, 6.07) is 12.0. The summed E-state index contributed by atoms with van der Waals surface area (Å²) in [7, 11) is 1.80. The molecule has 0 spiro atoms. The summed E-state index contributed by atoms with van der Waals surface area (Å²) in [5, 5.41) is 4.32. The molecule has 82 valence electrons. The van der Waals surface area contributed by atoms with Gasteiger partial charge in [-0.25, -0.2) is 0 Å². The van der Waals surface area contributed by atoms with Crippen molar-refractivity contribution in [2.75, 3.05) is 0 Å². The number of Topliss-reactive ketones (excluding diaryl/α,β-unsaturated/α-hetero) is 1. The molecular formula is C13H14N2O. The number of rotatable bonds is 3. The smallest absolute Gasteiger partial charge is 0.177 e. The van der Waals surface area contributed by atoms with Gasteiger partial charge in [-0.15, -0.1) is 0 Å². The summed E-state index contributed by atoms with van der Waals surface area (Å²) >= 11 is 0. The molecular weight excluding hydrogens is 200 g/mol. The van der Waals surface area contributed by atoms with Crippen molar-refractivity contribution in [1.82, 2.24) is 9.78 Å². The third-order valence-electron chi connectivity index (χ3n) is 2.52. The van der Waals surface area contributed by atoms with Crippen molar-refractivity contribution < 1.29 is 4.79 Å². The number of aryl methyl sites for hydroxylation is 1. The first kappa shape index (κ1) is 10.6. The van der Waals surface area contributed by atoms with E-state index in [1.807, 2.05) is 24.3 Å². The van der Waals surface area contributed by atoms with Gasteiger partial charge in [-0.05, 0) is 11.6 Å². The second-order valence-electron chi connectivity index (χ2n) is 3.86. The number of aromatic nitrogens is 2. The van der Waals surface area contributed by atoms with E-state index in [-0.39, 0.29) is 5.78 Å². The third-order valence-corrected chi connectivity index (χ3v) is 2.52. The normalized spacial score (nSPS) is 10.4. The summed E-state index contributed by atoms with van der Waals surface area (Å²) < 4.78 is 1.64. The zero-order valence-corrected chi connectivity index (χ0v) is 9.47. The Morgan fingerprint density at radius 1 is 1.31 bits per heavy atom. The van der Waals surface area contributed by atoms with Crippen LogP contribution >= 0.6 is 0 Å². The minimum atomic E-state index is 0.0503. The van der Waals surface area contributed by atoms with Crippen LogP contribution in [0.25, 0.3) is 0 Å². The first-order valence-electron chi connectivity index (χ1n) is 5.24. The van der Waals surface area contributed by atoms with Gasteiger partial charge >= 0.3 is 0 Å². The topological polar surface area (TPSA) is 34.9 Å². The van der Waals surface area contributed by atoms with E-state index in [2.05, 4.69) is 17.2 Å². The van der Waals surface area contributed by atoms with Gasteiger partial charge in [0.05, 0.1) is 5.69 Å². The average Bonchev–Trinajstić information content (AvgIpc) is 2.61. The van der Waals surface area contributed by atoms with Gasteiger partial charge in [-0.1, -0.05) is 30.3 Å². The van der Waals surface area contributed by atoms with Crippen LogP contribution in [0.2, 0.25) is 0 Å². The van der Waals surface area contributed by atoms with Crippen LogP contribution in [0.3, 0.4) is 0 Å². The number of hydrogen-bond donors (Lipinski definition) is 0. The fourth-order valence-corrected chi connectivity index (χ4v) is 1.75. The number of benzene rings is 1. The highest BCUT2D eigenvalue weighted by Crippen LogP contribution is 2.10. The van der Waals surface area contributed by atoms with Crippen LogP contribution in [-0.2, 0) is 13.5 Å². The van der Waals surface area contributed by atoms with Crippen molar-refractivity contribution in [3.05, 3.63) is 53.3 Å². The van der Waals surface area contributed by atoms with Crippen molar-refractivity contribution in [3.8, 4) is 0 Å². The lowest BCUT2D eigenvalue weighted by molar-refractivity contribution is 0.100. The Balaban J connectivity index is 2.23. The van der Waals surface area contributed by atoms with Crippen LogP contribution < -0.4 is 0 Å². The predicted molar refractivity (Wildman–Crippen MR) is 62.5 cm³/mol. The van der Waals surface area contributed by atoms with Gasteiger partial charge in [-0.3, -0.25) is 9.48 Å². The number of ketones is 1. The molecule has 0 aliphatic rings. The fourth-order valence-electron chi connectivity index (χ4n) is 1.75. The van der Waals surface area contributed by atoms with E-state index in [0.29, 0.717) is 5.69 Å². The quantitative estimate of drug-likeness (QED) is 0.734. The second kappa shape index (κ2) is 4.31. The van der Waals surface area contributed by atoms with Crippen LogP contribution in [0.4, 0.5) is 0 Å². The Bertz CT molecular complexity index is 500. The van der Waals surface area contributed by atoms with Gasteiger partial charge in [0, 0.05) is 20.4 Å². The van der Waals surface area contributed by atoms with E-state index in [1.165, 1.54) is 5.56 Å². The number of hydrogen-bond acceptors (Lipinski definition) is 2. The van der Waals surface area contributed by atoms with Crippen molar-refractivity contribution in [2.24, 2.45) is 7.05 Å². The molecule has 16 heavy (non-hydrogen) atoms. The maximum Gasteiger partial charge on any atom is 0.177 e. The zero-order chi connectivity index (χ0) is 11.5. The fraction of sp³-hybridized carbons (Fsp3) is 0.231. The van der Waals surface area contributed by atoms with Gasteiger partial charge in [0.25, 0.3) is 0 Å². The number of carbonyl (C=O) groups is 1. The van der Waals surface area contributed by atoms with Crippen molar-refractivity contribution in [1.29, 1.82) is 0 Å². The third kappa shape index (κ3) is 2.19. The number of nitrogens with zero attached hydrogens (tertiary/aromatic N) is 2. The van der Waals surface area contributed by atoms with Crippen LogP contribution in [0.15, 0.2) is 36.4 Å². The minimum Gasteiger partial charge on any atom is -0.293 e. The van der Waals surface area contributed by atoms with Crippen LogP contribution in [0, 0.1) is 0 Å².